The van der Waals surface area contributed by atoms with Crippen LogP contribution in [-0.2, 0) is 9.63 Å². The number of ketones is 1. The fourth-order valence-electron chi connectivity index (χ4n) is 2.03. The van der Waals surface area contributed by atoms with Gasteiger partial charge in [-0.15, -0.1) is 0 Å². The number of nitrogens with zero attached hydrogens (tertiary/aromatic N) is 1. The van der Waals surface area contributed by atoms with Crippen molar-refractivity contribution < 1.29 is 14.4 Å². The van der Waals surface area contributed by atoms with Gasteiger partial charge < -0.3 is 4.84 Å². The summed E-state index contributed by atoms with van der Waals surface area (Å²) < 4.78 is 0. The first-order chi connectivity index (χ1) is 10.1. The van der Waals surface area contributed by atoms with E-state index in [1.807, 2.05) is 18.2 Å². The Bertz CT molecular complexity index is 627. The Morgan fingerprint density at radius 1 is 1.24 bits per heavy atom. The highest BCUT2D eigenvalue weighted by Crippen LogP contribution is 2.17. The number of carbonyl (C=O) groups is 2. The number of Topliss-reactive ketones (excluding diaryl/α,β-unsaturated/α-hetero) is 1. The average Bonchev–Trinajstić information content (AvgIpc) is 2.48. The minimum absolute atomic E-state index is 0.169. The van der Waals surface area contributed by atoms with Crippen LogP contribution in [0.1, 0.15) is 30.6 Å². The maximum atomic E-state index is 11.8. The maximum Gasteiger partial charge on any atom is 0.365 e. The molecule has 1 aliphatic carbocycles. The molecule has 1 atom stereocenters. The number of hydrogen-bond acceptors (Lipinski definition) is 4. The van der Waals surface area contributed by atoms with Crippen LogP contribution in [-0.4, -0.2) is 17.5 Å². The third-order valence-corrected chi connectivity index (χ3v) is 3.11. The molecule has 0 N–H and O–H groups in total. The first-order valence-corrected chi connectivity index (χ1v) is 6.82. The third kappa shape index (κ3) is 3.99. The van der Waals surface area contributed by atoms with Gasteiger partial charge in [0.2, 0.25) is 0 Å². The minimum Gasteiger partial charge on any atom is -0.312 e. The zero-order valence-electron chi connectivity index (χ0n) is 12.1. The normalized spacial score (nSPS) is 18.1. The van der Waals surface area contributed by atoms with Crippen LogP contribution in [0.25, 0.3) is 0 Å². The Labute approximate surface area is 123 Å². The van der Waals surface area contributed by atoms with E-state index >= 15 is 0 Å². The van der Waals surface area contributed by atoms with E-state index in [9.17, 15) is 9.59 Å². The molecule has 0 aliphatic heterocycles. The zero-order valence-corrected chi connectivity index (χ0v) is 12.1. The molecule has 21 heavy (non-hydrogen) atoms. The largest absolute Gasteiger partial charge is 0.365 e. The quantitative estimate of drug-likeness (QED) is 0.484. The number of benzene rings is 1. The van der Waals surface area contributed by atoms with Gasteiger partial charge in [0.15, 0.2) is 11.5 Å². The van der Waals surface area contributed by atoms with Crippen molar-refractivity contribution in [2.24, 2.45) is 11.1 Å². The lowest BCUT2D eigenvalue weighted by Gasteiger charge is -2.12. The van der Waals surface area contributed by atoms with E-state index in [4.69, 9.17) is 4.84 Å². The van der Waals surface area contributed by atoms with Gasteiger partial charge in [-0.1, -0.05) is 48.5 Å². The summed E-state index contributed by atoms with van der Waals surface area (Å²) >= 11 is 0. The van der Waals surface area contributed by atoms with Crippen molar-refractivity contribution in [1.82, 2.24) is 0 Å². The molecule has 0 fully saturated rings. The molecule has 0 bridgehead atoms. The maximum absolute atomic E-state index is 11.8. The molecule has 0 saturated heterocycles. The molecular weight excluding hydrogens is 266 g/mol. The van der Waals surface area contributed by atoms with Gasteiger partial charge in [0.1, 0.15) is 0 Å². The van der Waals surface area contributed by atoms with Crippen molar-refractivity contribution >= 4 is 17.5 Å². The SMILES string of the molecule is CC(=O)/C(=N\OC(=O)c1ccccc1)C1=CC(C)CC=C1. The van der Waals surface area contributed by atoms with Crippen LogP contribution in [0.4, 0.5) is 0 Å². The Hall–Kier alpha value is -2.49. The monoisotopic (exact) mass is 283 g/mol. The van der Waals surface area contributed by atoms with E-state index < -0.39 is 5.97 Å². The summed E-state index contributed by atoms with van der Waals surface area (Å²) in [6.45, 7) is 3.46. The topological polar surface area (TPSA) is 55.7 Å². The van der Waals surface area contributed by atoms with Crippen LogP contribution in [0.15, 0.2) is 59.3 Å². The Kier molecular flexibility index (Phi) is 4.82. The van der Waals surface area contributed by atoms with Crippen LogP contribution in [0.2, 0.25) is 0 Å². The Morgan fingerprint density at radius 3 is 2.57 bits per heavy atom. The lowest BCUT2D eigenvalue weighted by molar-refractivity contribution is -0.111. The molecule has 4 nitrogen and oxygen atoms in total. The number of carbonyl (C=O) groups excluding carboxylic acids is 2. The van der Waals surface area contributed by atoms with Gasteiger partial charge in [-0.3, -0.25) is 4.79 Å². The fraction of sp³-hybridized carbons (Fsp3) is 0.235. The second kappa shape index (κ2) is 6.79. The summed E-state index contributed by atoms with van der Waals surface area (Å²) in [6, 6.07) is 8.54. The van der Waals surface area contributed by atoms with Crippen molar-refractivity contribution in [3.8, 4) is 0 Å². The number of oxime groups is 1. The van der Waals surface area contributed by atoms with Crippen LogP contribution in [0.3, 0.4) is 0 Å². The number of hydrogen-bond donors (Lipinski definition) is 0. The summed E-state index contributed by atoms with van der Waals surface area (Å²) in [4.78, 5) is 28.4. The highest BCUT2D eigenvalue weighted by molar-refractivity contribution is 6.46. The lowest BCUT2D eigenvalue weighted by atomic mass is 9.94. The fourth-order valence-corrected chi connectivity index (χ4v) is 2.03. The molecule has 1 aromatic carbocycles. The van der Waals surface area contributed by atoms with Crippen LogP contribution in [0.5, 0.6) is 0 Å². The second-order valence-corrected chi connectivity index (χ2v) is 4.98. The predicted molar refractivity (Wildman–Crippen MR) is 81.0 cm³/mol. The standard InChI is InChI=1S/C17H17NO3/c1-12-7-6-10-15(11-12)16(13(2)19)18-21-17(20)14-8-4-3-5-9-14/h3-6,8-12H,7H2,1-2H3/b18-16+. The zero-order chi connectivity index (χ0) is 15.2. The van der Waals surface area contributed by atoms with E-state index in [2.05, 4.69) is 12.1 Å². The Morgan fingerprint density at radius 2 is 1.95 bits per heavy atom. The first kappa shape index (κ1) is 14.9. The molecule has 2 rings (SSSR count). The molecule has 1 aliphatic rings. The predicted octanol–water partition coefficient (Wildman–Crippen LogP) is 3.31. The van der Waals surface area contributed by atoms with Crippen molar-refractivity contribution in [3.05, 3.63) is 59.7 Å². The van der Waals surface area contributed by atoms with Crippen LogP contribution < -0.4 is 0 Å². The van der Waals surface area contributed by atoms with Crippen LogP contribution >= 0.6 is 0 Å². The molecule has 0 aromatic heterocycles. The number of allylic oxidation sites excluding steroid dienone is 4. The summed E-state index contributed by atoms with van der Waals surface area (Å²) in [5.74, 6) is -0.483. The van der Waals surface area contributed by atoms with Gasteiger partial charge in [-0.2, -0.15) is 0 Å². The molecule has 0 heterocycles. The highest BCUT2D eigenvalue weighted by atomic mass is 16.7. The van der Waals surface area contributed by atoms with E-state index in [-0.39, 0.29) is 11.5 Å². The van der Waals surface area contributed by atoms with Crippen molar-refractivity contribution in [2.45, 2.75) is 20.3 Å². The average molecular weight is 283 g/mol. The summed E-state index contributed by atoms with van der Waals surface area (Å²) in [5, 5.41) is 3.76. The summed E-state index contributed by atoms with van der Waals surface area (Å²) in [6.07, 6.45) is 6.70. The molecule has 1 aromatic rings. The highest BCUT2D eigenvalue weighted by Gasteiger charge is 2.16. The smallest absolute Gasteiger partial charge is 0.312 e. The van der Waals surface area contributed by atoms with E-state index in [1.165, 1.54) is 6.92 Å². The molecular formula is C17H17NO3. The van der Waals surface area contributed by atoms with Gasteiger partial charge in [0.25, 0.3) is 0 Å². The Balaban J connectivity index is 2.18. The molecule has 4 heteroatoms. The van der Waals surface area contributed by atoms with Gasteiger partial charge in [-0.25, -0.2) is 4.79 Å². The first-order valence-electron chi connectivity index (χ1n) is 6.82. The van der Waals surface area contributed by atoms with E-state index in [1.54, 1.807) is 30.3 Å². The van der Waals surface area contributed by atoms with Crippen LogP contribution in [0, 0.1) is 5.92 Å². The van der Waals surface area contributed by atoms with Gasteiger partial charge in [-0.05, 0) is 24.5 Å². The van der Waals surface area contributed by atoms with Gasteiger partial charge in [0, 0.05) is 12.5 Å². The molecule has 0 spiro atoms. The third-order valence-electron chi connectivity index (χ3n) is 3.11. The lowest BCUT2D eigenvalue weighted by Crippen LogP contribution is -2.16. The molecule has 108 valence electrons. The van der Waals surface area contributed by atoms with Gasteiger partial charge in [0.05, 0.1) is 5.56 Å². The van der Waals surface area contributed by atoms with Gasteiger partial charge >= 0.3 is 5.97 Å². The van der Waals surface area contributed by atoms with E-state index in [0.717, 1.165) is 6.42 Å². The molecule has 0 radical (unpaired) electrons. The summed E-state index contributed by atoms with van der Waals surface area (Å²) in [5.41, 5.74) is 1.26. The summed E-state index contributed by atoms with van der Waals surface area (Å²) in [7, 11) is 0. The van der Waals surface area contributed by atoms with Crippen molar-refractivity contribution in [3.63, 3.8) is 0 Å². The molecule has 1 unspecified atom stereocenters. The van der Waals surface area contributed by atoms with E-state index in [0.29, 0.717) is 17.1 Å². The van der Waals surface area contributed by atoms with Crippen molar-refractivity contribution in [1.29, 1.82) is 0 Å². The second-order valence-electron chi connectivity index (χ2n) is 4.98. The molecule has 0 saturated carbocycles. The molecule has 0 amide bonds. The number of rotatable bonds is 4. The van der Waals surface area contributed by atoms with Crippen molar-refractivity contribution in [2.75, 3.05) is 0 Å². The minimum atomic E-state index is -0.581.